The quantitative estimate of drug-likeness (QED) is 0.493. The van der Waals surface area contributed by atoms with Gasteiger partial charge in [-0.15, -0.1) is 0 Å². The van der Waals surface area contributed by atoms with E-state index in [-0.39, 0.29) is 10.7 Å². The number of hydrogen-bond donors (Lipinski definition) is 1. The van der Waals surface area contributed by atoms with Crippen LogP contribution in [0.4, 0.5) is 5.82 Å². The highest BCUT2D eigenvalue weighted by Gasteiger charge is 2.16. The summed E-state index contributed by atoms with van der Waals surface area (Å²) in [4.78, 5) is 14.2. The predicted octanol–water partition coefficient (Wildman–Crippen LogP) is 1.98. The molecule has 9 heteroatoms. The largest absolute Gasteiger partial charge is 0.358 e. The Morgan fingerprint density at radius 2 is 1.95 bits per heavy atom. The van der Waals surface area contributed by atoms with Crippen LogP contribution in [0.3, 0.4) is 0 Å². The summed E-state index contributed by atoms with van der Waals surface area (Å²) in [5.74, 6) is 0.535. The van der Waals surface area contributed by atoms with Gasteiger partial charge in [0.1, 0.15) is 6.20 Å². The van der Waals surface area contributed by atoms with Gasteiger partial charge in [0.05, 0.1) is 11.4 Å². The van der Waals surface area contributed by atoms with E-state index >= 15 is 0 Å². The van der Waals surface area contributed by atoms with Crippen LogP contribution in [0.15, 0.2) is 35.4 Å². The number of benzene rings is 1. The van der Waals surface area contributed by atoms with E-state index in [1.807, 2.05) is 0 Å². The molecule has 0 spiro atoms. The molecule has 1 heterocycles. The van der Waals surface area contributed by atoms with Gasteiger partial charge >= 0.3 is 5.82 Å². The number of aryl methyl sites for hydroxylation is 2. The Balaban J connectivity index is 2.00. The van der Waals surface area contributed by atoms with Crippen LogP contribution in [-0.2, 0) is 23.1 Å². The van der Waals surface area contributed by atoms with Gasteiger partial charge in [0.2, 0.25) is 0 Å². The van der Waals surface area contributed by atoms with Crippen molar-refractivity contribution < 1.29 is 17.9 Å². The van der Waals surface area contributed by atoms with Crippen LogP contribution >= 0.6 is 0 Å². The predicted molar refractivity (Wildman–Crippen MR) is 78.2 cm³/mol. The summed E-state index contributed by atoms with van der Waals surface area (Å²) in [6, 6.07) is 5.88. The van der Waals surface area contributed by atoms with E-state index in [0.717, 1.165) is 5.56 Å². The van der Waals surface area contributed by atoms with Gasteiger partial charge in [-0.2, -0.15) is 8.42 Å². The van der Waals surface area contributed by atoms with Crippen LogP contribution in [0.2, 0.25) is 0 Å². The maximum Gasteiger partial charge on any atom is 0.342 e. The molecule has 0 radical (unpaired) electrons. The number of aromatic nitrogens is 2. The van der Waals surface area contributed by atoms with E-state index in [9.17, 15) is 18.5 Å². The molecule has 2 rings (SSSR count). The van der Waals surface area contributed by atoms with Crippen molar-refractivity contribution in [3.8, 4) is 0 Å². The highest BCUT2D eigenvalue weighted by molar-refractivity contribution is 7.85. The zero-order valence-corrected chi connectivity index (χ0v) is 12.7. The molecular formula is C13H15N3O5S. The summed E-state index contributed by atoms with van der Waals surface area (Å²) in [6.45, 7) is 2.15. The molecule has 0 unspecified atom stereocenters. The molecule has 0 aliphatic heterocycles. The van der Waals surface area contributed by atoms with E-state index in [1.54, 1.807) is 19.1 Å². The third-order valence-corrected chi connectivity index (χ3v) is 4.16. The van der Waals surface area contributed by atoms with Gasteiger partial charge in [-0.05, 0) is 35.5 Å². The Bertz CT molecular complexity index is 781. The van der Waals surface area contributed by atoms with E-state index in [2.05, 4.69) is 4.98 Å². The molecule has 0 aliphatic rings. The molecule has 0 saturated heterocycles. The highest BCUT2D eigenvalue weighted by Crippen LogP contribution is 2.16. The molecular weight excluding hydrogens is 310 g/mol. The van der Waals surface area contributed by atoms with Crippen molar-refractivity contribution in [2.24, 2.45) is 0 Å². The summed E-state index contributed by atoms with van der Waals surface area (Å²) in [5.41, 5.74) is 0.882. The maximum atomic E-state index is 10.9. The second kappa shape index (κ2) is 6.24. The van der Waals surface area contributed by atoms with Gasteiger partial charge in [-0.3, -0.25) is 4.55 Å². The van der Waals surface area contributed by atoms with Crippen molar-refractivity contribution in [2.45, 2.75) is 31.2 Å². The number of rotatable bonds is 6. The van der Waals surface area contributed by atoms with Gasteiger partial charge in [0.15, 0.2) is 5.82 Å². The molecule has 1 N–H and O–H groups in total. The molecule has 0 aliphatic carbocycles. The first-order chi connectivity index (χ1) is 10.3. The fraction of sp³-hybridized carbons (Fsp3) is 0.308. The van der Waals surface area contributed by atoms with Gasteiger partial charge in [0, 0.05) is 6.92 Å². The summed E-state index contributed by atoms with van der Waals surface area (Å²) in [5, 5.41) is 10.9. The van der Waals surface area contributed by atoms with Crippen LogP contribution in [0, 0.1) is 17.0 Å². The fourth-order valence-electron chi connectivity index (χ4n) is 2.15. The van der Waals surface area contributed by atoms with Crippen LogP contribution in [0.5, 0.6) is 0 Å². The molecule has 22 heavy (non-hydrogen) atoms. The molecule has 0 amide bonds. The van der Waals surface area contributed by atoms with Crippen molar-refractivity contribution in [1.29, 1.82) is 0 Å². The lowest BCUT2D eigenvalue weighted by Crippen LogP contribution is -2.06. The van der Waals surface area contributed by atoms with E-state index in [4.69, 9.17) is 4.55 Å². The second-order valence-electron chi connectivity index (χ2n) is 4.79. The summed E-state index contributed by atoms with van der Waals surface area (Å²) in [7, 11) is -4.18. The minimum atomic E-state index is -4.18. The Kier molecular flexibility index (Phi) is 4.57. The van der Waals surface area contributed by atoms with E-state index < -0.39 is 15.0 Å². The first-order valence-corrected chi connectivity index (χ1v) is 7.96. The van der Waals surface area contributed by atoms with Crippen LogP contribution in [0.1, 0.15) is 17.8 Å². The van der Waals surface area contributed by atoms with E-state index in [0.29, 0.717) is 25.2 Å². The third kappa shape index (κ3) is 3.68. The zero-order valence-electron chi connectivity index (χ0n) is 11.8. The fourth-order valence-corrected chi connectivity index (χ4v) is 2.63. The van der Waals surface area contributed by atoms with Crippen molar-refractivity contribution in [3.63, 3.8) is 0 Å². The minimum absolute atomic E-state index is 0.0424. The van der Waals surface area contributed by atoms with Gasteiger partial charge in [-0.1, -0.05) is 12.1 Å². The van der Waals surface area contributed by atoms with Gasteiger partial charge in [0.25, 0.3) is 10.1 Å². The number of hydrogen-bond acceptors (Lipinski definition) is 5. The Labute approximate surface area is 127 Å². The first-order valence-electron chi connectivity index (χ1n) is 6.52. The van der Waals surface area contributed by atoms with Gasteiger partial charge < -0.3 is 10.1 Å². The van der Waals surface area contributed by atoms with Crippen LogP contribution in [-0.4, -0.2) is 27.4 Å². The smallest absolute Gasteiger partial charge is 0.342 e. The molecule has 0 bridgehead atoms. The average molecular weight is 325 g/mol. The maximum absolute atomic E-state index is 10.9. The summed E-state index contributed by atoms with van der Waals surface area (Å²) < 4.78 is 32.3. The Hall–Kier alpha value is -2.26. The monoisotopic (exact) mass is 325 g/mol. The van der Waals surface area contributed by atoms with Crippen molar-refractivity contribution in [3.05, 3.63) is 52.0 Å². The molecule has 0 saturated carbocycles. The molecule has 1 aromatic heterocycles. The Morgan fingerprint density at radius 3 is 2.50 bits per heavy atom. The van der Waals surface area contributed by atoms with Crippen LogP contribution < -0.4 is 0 Å². The van der Waals surface area contributed by atoms with Crippen molar-refractivity contribution >= 4 is 15.9 Å². The van der Waals surface area contributed by atoms with Crippen molar-refractivity contribution in [1.82, 2.24) is 9.55 Å². The summed E-state index contributed by atoms with van der Waals surface area (Å²) in [6.07, 6.45) is 2.50. The number of nitro groups is 1. The number of nitrogens with zero attached hydrogens (tertiary/aromatic N) is 3. The zero-order chi connectivity index (χ0) is 16.3. The molecule has 0 fully saturated rings. The summed E-state index contributed by atoms with van der Waals surface area (Å²) >= 11 is 0. The molecule has 8 nitrogen and oxygen atoms in total. The normalized spacial score (nSPS) is 11.5. The highest BCUT2D eigenvalue weighted by atomic mass is 32.2. The molecule has 1 aromatic carbocycles. The lowest BCUT2D eigenvalue weighted by molar-refractivity contribution is -0.392. The van der Waals surface area contributed by atoms with E-state index in [1.165, 1.54) is 22.9 Å². The topological polar surface area (TPSA) is 115 Å². The van der Waals surface area contributed by atoms with Gasteiger partial charge in [-0.25, -0.2) is 9.55 Å². The van der Waals surface area contributed by atoms with Crippen molar-refractivity contribution in [2.75, 3.05) is 0 Å². The second-order valence-corrected chi connectivity index (χ2v) is 6.22. The SMILES string of the molecule is Cc1ncc([N+](=O)[O-])n1CCCc1ccc(S(=O)(=O)O)cc1. The average Bonchev–Trinajstić information content (AvgIpc) is 2.80. The lowest BCUT2D eigenvalue weighted by atomic mass is 10.1. The third-order valence-electron chi connectivity index (χ3n) is 3.29. The molecule has 2 aromatic rings. The van der Waals surface area contributed by atoms with Crippen LogP contribution in [0.25, 0.3) is 0 Å². The lowest BCUT2D eigenvalue weighted by Gasteiger charge is -2.04. The first kappa shape index (κ1) is 16.1. The standard InChI is InChI=1S/C13H15N3O5S/c1-10-14-9-13(16(17)18)15(10)8-2-3-11-4-6-12(7-5-11)22(19,20)21/h4-7,9H,2-3,8H2,1H3,(H,19,20,21). The molecule has 118 valence electrons. The Morgan fingerprint density at radius 1 is 1.32 bits per heavy atom. The number of imidazole rings is 1. The minimum Gasteiger partial charge on any atom is -0.358 e. The molecule has 0 atom stereocenters.